The first-order valence-corrected chi connectivity index (χ1v) is 6.48. The number of methoxy groups -OCH3 is 1. The van der Waals surface area contributed by atoms with Crippen molar-refractivity contribution in [1.29, 1.82) is 0 Å². The van der Waals surface area contributed by atoms with Gasteiger partial charge in [-0.2, -0.15) is 5.10 Å². The van der Waals surface area contributed by atoms with Gasteiger partial charge in [0.1, 0.15) is 11.0 Å². The zero-order valence-electron chi connectivity index (χ0n) is 11.1. The number of aromatic nitrogens is 2. The van der Waals surface area contributed by atoms with Gasteiger partial charge in [-0.15, -0.1) is 0 Å². The second-order valence-corrected chi connectivity index (χ2v) is 4.70. The summed E-state index contributed by atoms with van der Waals surface area (Å²) in [5.41, 5.74) is 0.320. The third kappa shape index (κ3) is 4.03. The maximum atomic E-state index is 12.0. The molecule has 0 saturated carbocycles. The number of ether oxygens (including phenoxy) is 1. The van der Waals surface area contributed by atoms with Crippen molar-refractivity contribution in [2.24, 2.45) is 0 Å². The fraction of sp³-hybridized carbons (Fsp3) is 0.545. The third-order valence-electron chi connectivity index (χ3n) is 2.58. The van der Waals surface area contributed by atoms with E-state index in [0.29, 0.717) is 10.2 Å². The summed E-state index contributed by atoms with van der Waals surface area (Å²) in [6, 6.07) is 0. The van der Waals surface area contributed by atoms with E-state index in [0.717, 1.165) is 17.8 Å². The summed E-state index contributed by atoms with van der Waals surface area (Å²) in [5.74, 6) is -0.516. The Balaban J connectivity index is 2.97. The Morgan fingerprint density at radius 2 is 2.32 bits per heavy atom. The van der Waals surface area contributed by atoms with Crippen LogP contribution in [0.25, 0.3) is 0 Å². The molecular weight excluding hydrogens is 316 g/mol. The van der Waals surface area contributed by atoms with E-state index in [1.807, 2.05) is 19.0 Å². The smallest absolute Gasteiger partial charge is 0.327 e. The molecule has 0 amide bonds. The number of anilines is 1. The molecule has 106 valence electrons. The van der Waals surface area contributed by atoms with E-state index in [4.69, 9.17) is 0 Å². The van der Waals surface area contributed by atoms with Gasteiger partial charge in [0, 0.05) is 20.1 Å². The lowest BCUT2D eigenvalue weighted by molar-refractivity contribution is -0.141. The van der Waals surface area contributed by atoms with Crippen molar-refractivity contribution in [2.45, 2.75) is 6.54 Å². The zero-order valence-corrected chi connectivity index (χ0v) is 12.7. The highest BCUT2D eigenvalue weighted by Crippen LogP contribution is 2.19. The average molecular weight is 333 g/mol. The summed E-state index contributed by atoms with van der Waals surface area (Å²) in [5, 5.41) is 6.99. The van der Waals surface area contributed by atoms with Gasteiger partial charge >= 0.3 is 5.97 Å². The molecule has 7 nitrogen and oxygen atoms in total. The number of carbonyl (C=O) groups excluding carboxylic acids is 1. The molecule has 0 aliphatic carbocycles. The van der Waals surface area contributed by atoms with Crippen molar-refractivity contribution in [3.05, 3.63) is 21.0 Å². The summed E-state index contributed by atoms with van der Waals surface area (Å²) in [7, 11) is 4.99. The van der Waals surface area contributed by atoms with Crippen LogP contribution >= 0.6 is 15.9 Å². The number of likely N-dealkylation sites (N-methyl/N-ethyl adjacent to an activating group) is 2. The van der Waals surface area contributed by atoms with Crippen molar-refractivity contribution in [3.63, 3.8) is 0 Å². The topological polar surface area (TPSA) is 76.5 Å². The quantitative estimate of drug-likeness (QED) is 0.729. The van der Waals surface area contributed by atoms with Gasteiger partial charge < -0.3 is 15.0 Å². The maximum absolute atomic E-state index is 12.0. The Hall–Kier alpha value is -1.41. The molecule has 19 heavy (non-hydrogen) atoms. The lowest BCUT2D eigenvalue weighted by Crippen LogP contribution is -2.32. The molecule has 0 radical (unpaired) electrons. The summed E-state index contributed by atoms with van der Waals surface area (Å²) < 4.78 is 5.95. The number of hydrogen-bond donors (Lipinski definition) is 1. The Labute approximate surface area is 119 Å². The molecule has 0 fully saturated rings. The van der Waals surface area contributed by atoms with Crippen molar-refractivity contribution in [3.8, 4) is 0 Å². The largest absolute Gasteiger partial charge is 0.468 e. The van der Waals surface area contributed by atoms with Crippen molar-refractivity contribution >= 4 is 27.6 Å². The molecule has 1 heterocycles. The van der Waals surface area contributed by atoms with Crippen LogP contribution in [0.3, 0.4) is 0 Å². The van der Waals surface area contributed by atoms with E-state index < -0.39 is 5.97 Å². The van der Waals surface area contributed by atoms with Crippen LogP contribution in [0.5, 0.6) is 0 Å². The molecule has 1 aromatic heterocycles. The first-order valence-electron chi connectivity index (χ1n) is 5.69. The van der Waals surface area contributed by atoms with E-state index in [1.165, 1.54) is 7.11 Å². The van der Waals surface area contributed by atoms with Crippen LogP contribution in [0.1, 0.15) is 0 Å². The number of esters is 1. The van der Waals surface area contributed by atoms with E-state index in [1.54, 1.807) is 6.20 Å². The van der Waals surface area contributed by atoms with Crippen LogP contribution in [-0.4, -0.2) is 50.0 Å². The molecule has 0 atom stereocenters. The lowest BCUT2D eigenvalue weighted by Gasteiger charge is -2.20. The fourth-order valence-corrected chi connectivity index (χ4v) is 2.03. The number of carbonyl (C=O) groups is 1. The average Bonchev–Trinajstić information content (AvgIpc) is 2.41. The van der Waals surface area contributed by atoms with Crippen molar-refractivity contribution in [1.82, 2.24) is 15.1 Å². The number of nitrogens with zero attached hydrogens (tertiary/aromatic N) is 3. The molecule has 0 aliphatic heterocycles. The lowest BCUT2D eigenvalue weighted by atomic mass is 10.4. The monoisotopic (exact) mass is 332 g/mol. The number of rotatable bonds is 6. The Morgan fingerprint density at radius 3 is 2.89 bits per heavy atom. The highest BCUT2D eigenvalue weighted by molar-refractivity contribution is 9.10. The van der Waals surface area contributed by atoms with Gasteiger partial charge in [0.2, 0.25) is 0 Å². The molecular formula is C11H17BrN4O3. The van der Waals surface area contributed by atoms with Crippen LogP contribution in [-0.2, 0) is 16.1 Å². The minimum Gasteiger partial charge on any atom is -0.468 e. The first-order chi connectivity index (χ1) is 9.01. The summed E-state index contributed by atoms with van der Waals surface area (Å²) >= 11 is 3.25. The van der Waals surface area contributed by atoms with Gasteiger partial charge in [-0.05, 0) is 23.0 Å². The van der Waals surface area contributed by atoms with E-state index >= 15 is 0 Å². The zero-order chi connectivity index (χ0) is 14.4. The van der Waals surface area contributed by atoms with Gasteiger partial charge in [-0.25, -0.2) is 4.68 Å². The second kappa shape index (κ2) is 7.25. The molecule has 1 N–H and O–H groups in total. The maximum Gasteiger partial charge on any atom is 0.327 e. The van der Waals surface area contributed by atoms with Gasteiger partial charge in [-0.1, -0.05) is 0 Å². The van der Waals surface area contributed by atoms with Crippen LogP contribution < -0.4 is 15.8 Å². The minimum absolute atomic E-state index is 0.200. The molecule has 0 spiro atoms. The van der Waals surface area contributed by atoms with Gasteiger partial charge in [0.05, 0.1) is 19.0 Å². The van der Waals surface area contributed by atoms with Crippen molar-refractivity contribution in [2.75, 3.05) is 39.2 Å². The number of nitrogens with one attached hydrogen (secondary N) is 1. The molecule has 0 aliphatic rings. The Bertz CT molecular complexity index is 503. The molecule has 1 rings (SSSR count). The van der Waals surface area contributed by atoms with E-state index in [2.05, 4.69) is 31.1 Å². The molecule has 0 unspecified atom stereocenters. The fourth-order valence-electron chi connectivity index (χ4n) is 1.42. The molecule has 0 saturated heterocycles. The van der Waals surface area contributed by atoms with Crippen LogP contribution in [0.4, 0.5) is 5.69 Å². The van der Waals surface area contributed by atoms with Crippen molar-refractivity contribution < 1.29 is 9.53 Å². The summed E-state index contributed by atoms with van der Waals surface area (Å²) in [6.45, 7) is 1.32. The predicted molar refractivity (Wildman–Crippen MR) is 75.4 cm³/mol. The molecule has 8 heteroatoms. The third-order valence-corrected chi connectivity index (χ3v) is 3.33. The Morgan fingerprint density at radius 1 is 1.63 bits per heavy atom. The van der Waals surface area contributed by atoms with Crippen LogP contribution in [0.15, 0.2) is 15.5 Å². The SMILES string of the molecule is CNCCN(C)c1cnn(CC(=O)OC)c(=O)c1Br. The predicted octanol–water partition coefficient (Wildman–Crippen LogP) is -0.166. The molecule has 1 aromatic rings. The summed E-state index contributed by atoms with van der Waals surface area (Å²) in [4.78, 5) is 25.1. The summed E-state index contributed by atoms with van der Waals surface area (Å²) in [6.07, 6.45) is 1.55. The van der Waals surface area contributed by atoms with Gasteiger partial charge in [-0.3, -0.25) is 9.59 Å². The minimum atomic E-state index is -0.516. The number of hydrogen-bond acceptors (Lipinski definition) is 6. The first kappa shape index (κ1) is 15.6. The van der Waals surface area contributed by atoms with E-state index in [9.17, 15) is 9.59 Å². The van der Waals surface area contributed by atoms with Gasteiger partial charge in [0.25, 0.3) is 5.56 Å². The van der Waals surface area contributed by atoms with Crippen LogP contribution in [0, 0.1) is 0 Å². The van der Waals surface area contributed by atoms with Gasteiger partial charge in [0.15, 0.2) is 0 Å². The van der Waals surface area contributed by atoms with Crippen LogP contribution in [0.2, 0.25) is 0 Å². The normalized spacial score (nSPS) is 10.3. The highest BCUT2D eigenvalue weighted by atomic mass is 79.9. The highest BCUT2D eigenvalue weighted by Gasteiger charge is 2.14. The molecule has 0 bridgehead atoms. The second-order valence-electron chi connectivity index (χ2n) is 3.91. The Kier molecular flexibility index (Phi) is 5.97. The molecule has 0 aromatic carbocycles. The standard InChI is InChI=1S/C11H17BrN4O3/c1-13-4-5-15(2)8-6-14-16(7-9(17)19-3)11(18)10(8)12/h6,13H,4-5,7H2,1-3H3. The number of halogens is 1. The van der Waals surface area contributed by atoms with E-state index in [-0.39, 0.29) is 12.1 Å².